The molecule has 4 aromatic rings. The molecule has 8 heteroatoms. The molecule has 0 spiro atoms. The van der Waals surface area contributed by atoms with E-state index in [1.54, 1.807) is 0 Å². The first-order chi connectivity index (χ1) is 16.6. The molecule has 0 aliphatic rings. The Hall–Kier alpha value is -3.39. The van der Waals surface area contributed by atoms with Crippen molar-refractivity contribution in [2.75, 3.05) is 0 Å². The number of unbranched alkanes of at least 4 members (excludes halogenated alkanes) is 1. The molecule has 0 aliphatic heterocycles. The van der Waals surface area contributed by atoms with Crippen molar-refractivity contribution in [2.24, 2.45) is 11.7 Å². The van der Waals surface area contributed by atoms with Crippen molar-refractivity contribution in [3.8, 4) is 22.5 Å². The van der Waals surface area contributed by atoms with E-state index in [1.807, 2.05) is 29.2 Å². The molecule has 4 rings (SSSR count). The van der Waals surface area contributed by atoms with Gasteiger partial charge in [-0.3, -0.25) is 0 Å². The van der Waals surface area contributed by atoms with E-state index in [2.05, 4.69) is 74.9 Å². The van der Waals surface area contributed by atoms with Crippen LogP contribution in [0.2, 0.25) is 0 Å². The van der Waals surface area contributed by atoms with E-state index in [0.717, 1.165) is 41.8 Å². The number of hydrogen-bond acceptors (Lipinski definition) is 6. The summed E-state index contributed by atoms with van der Waals surface area (Å²) in [5.74, 6) is 2.13. The number of benzene rings is 2. The summed E-state index contributed by atoms with van der Waals surface area (Å²) in [5, 5.41) is 19.1. The second-order valence-corrected chi connectivity index (χ2v) is 9.12. The fraction of sp³-hybridized carbons (Fsp3) is 0.423. The maximum atomic E-state index is 6.35. The molecule has 2 unspecified atom stereocenters. The Morgan fingerprint density at radius 1 is 1.03 bits per heavy atom. The van der Waals surface area contributed by atoms with Crippen LogP contribution in [0, 0.1) is 5.92 Å². The lowest BCUT2D eigenvalue weighted by atomic mass is 9.94. The van der Waals surface area contributed by atoms with Crippen LogP contribution in [0.25, 0.3) is 22.5 Å². The van der Waals surface area contributed by atoms with Crippen molar-refractivity contribution in [1.82, 2.24) is 35.4 Å². The summed E-state index contributed by atoms with van der Waals surface area (Å²) in [6.07, 6.45) is 8.42. The highest BCUT2D eigenvalue weighted by Crippen LogP contribution is 2.29. The minimum atomic E-state index is 0.210. The first kappa shape index (κ1) is 23.8. The minimum Gasteiger partial charge on any atom is -0.328 e. The molecule has 2 aromatic heterocycles. The lowest BCUT2D eigenvalue weighted by Crippen LogP contribution is -2.23. The van der Waals surface area contributed by atoms with Gasteiger partial charge in [0.05, 0.1) is 6.54 Å². The number of tetrazole rings is 1. The Morgan fingerprint density at radius 2 is 1.82 bits per heavy atom. The summed E-state index contributed by atoms with van der Waals surface area (Å²) < 4.78 is 1.90. The molecule has 178 valence electrons. The third-order valence-corrected chi connectivity index (χ3v) is 6.20. The van der Waals surface area contributed by atoms with Crippen molar-refractivity contribution in [2.45, 2.75) is 65.0 Å². The fourth-order valence-electron chi connectivity index (χ4n) is 4.33. The Morgan fingerprint density at radius 3 is 2.56 bits per heavy atom. The zero-order valence-corrected chi connectivity index (χ0v) is 20.1. The van der Waals surface area contributed by atoms with Crippen molar-refractivity contribution >= 4 is 0 Å². The van der Waals surface area contributed by atoms with Crippen LogP contribution in [-0.4, -0.2) is 41.4 Å². The third-order valence-electron chi connectivity index (χ3n) is 6.20. The van der Waals surface area contributed by atoms with Gasteiger partial charge in [-0.05, 0) is 40.7 Å². The molecular weight excluding hydrogens is 424 g/mol. The highest BCUT2D eigenvalue weighted by Gasteiger charge is 2.12. The molecule has 0 saturated carbocycles. The van der Waals surface area contributed by atoms with E-state index in [9.17, 15) is 0 Å². The molecule has 34 heavy (non-hydrogen) atoms. The second-order valence-electron chi connectivity index (χ2n) is 9.12. The SMILES string of the molecule is CCCCC(C)CC(N)CCc1ncn(Cc2ccc(-c3ccccc3-c3nn[nH]n3)cc2)n1. The Balaban J connectivity index is 1.33. The van der Waals surface area contributed by atoms with Crippen LogP contribution in [0.15, 0.2) is 54.9 Å². The van der Waals surface area contributed by atoms with Crippen LogP contribution in [0.5, 0.6) is 0 Å². The van der Waals surface area contributed by atoms with E-state index in [4.69, 9.17) is 5.73 Å². The quantitative estimate of drug-likeness (QED) is 0.320. The molecule has 2 aromatic carbocycles. The zero-order chi connectivity index (χ0) is 23.8. The Kier molecular flexibility index (Phi) is 8.14. The predicted molar refractivity (Wildman–Crippen MR) is 134 cm³/mol. The molecule has 0 saturated heterocycles. The summed E-state index contributed by atoms with van der Waals surface area (Å²) in [6, 6.07) is 16.8. The maximum Gasteiger partial charge on any atom is 0.205 e. The smallest absolute Gasteiger partial charge is 0.205 e. The van der Waals surface area contributed by atoms with Crippen molar-refractivity contribution in [3.05, 3.63) is 66.2 Å². The van der Waals surface area contributed by atoms with Crippen LogP contribution in [0.1, 0.15) is 57.3 Å². The number of aromatic nitrogens is 7. The number of aryl methyl sites for hydroxylation is 1. The Bertz CT molecular complexity index is 1130. The summed E-state index contributed by atoms with van der Waals surface area (Å²) >= 11 is 0. The molecule has 0 aliphatic carbocycles. The molecule has 3 N–H and O–H groups in total. The zero-order valence-electron chi connectivity index (χ0n) is 20.1. The van der Waals surface area contributed by atoms with E-state index in [1.165, 1.54) is 24.8 Å². The topological polar surface area (TPSA) is 111 Å². The van der Waals surface area contributed by atoms with E-state index >= 15 is 0 Å². The second kappa shape index (κ2) is 11.7. The maximum absolute atomic E-state index is 6.35. The van der Waals surface area contributed by atoms with Gasteiger partial charge in [0.2, 0.25) is 5.82 Å². The lowest BCUT2D eigenvalue weighted by Gasteiger charge is -2.16. The number of H-pyrrole nitrogens is 1. The summed E-state index contributed by atoms with van der Waals surface area (Å²) in [6.45, 7) is 5.22. The van der Waals surface area contributed by atoms with Gasteiger partial charge in [0.1, 0.15) is 6.33 Å². The normalized spacial score (nSPS) is 13.1. The van der Waals surface area contributed by atoms with Gasteiger partial charge in [-0.2, -0.15) is 10.3 Å². The standard InChI is InChI=1S/C26H34N8/c1-3-4-7-19(2)16-22(27)14-15-25-28-18-34(31-25)17-20-10-12-21(13-11-20)23-8-5-6-9-24(23)26-29-32-33-30-26/h5-6,8-13,18-19,22H,3-4,7,14-17,27H2,1-2H3,(H,29,30,32,33). The first-order valence-corrected chi connectivity index (χ1v) is 12.2. The Labute approximate surface area is 201 Å². The van der Waals surface area contributed by atoms with Crippen LogP contribution < -0.4 is 5.73 Å². The van der Waals surface area contributed by atoms with Gasteiger partial charge in [0.25, 0.3) is 0 Å². The monoisotopic (exact) mass is 458 g/mol. The van der Waals surface area contributed by atoms with Gasteiger partial charge in [-0.25, -0.2) is 9.67 Å². The van der Waals surface area contributed by atoms with Crippen LogP contribution in [0.4, 0.5) is 0 Å². The minimum absolute atomic E-state index is 0.210. The number of rotatable bonds is 12. The molecule has 8 nitrogen and oxygen atoms in total. The highest BCUT2D eigenvalue weighted by molar-refractivity contribution is 5.80. The average Bonchev–Trinajstić information content (AvgIpc) is 3.54. The van der Waals surface area contributed by atoms with Gasteiger partial charge < -0.3 is 5.73 Å². The molecular formula is C26H34N8. The predicted octanol–water partition coefficient (Wildman–Crippen LogP) is 4.65. The summed E-state index contributed by atoms with van der Waals surface area (Å²) in [7, 11) is 0. The van der Waals surface area contributed by atoms with Crippen molar-refractivity contribution < 1.29 is 0 Å². The largest absolute Gasteiger partial charge is 0.328 e. The van der Waals surface area contributed by atoms with Crippen molar-refractivity contribution in [1.29, 1.82) is 0 Å². The number of aromatic amines is 1. The first-order valence-electron chi connectivity index (χ1n) is 12.2. The lowest BCUT2D eigenvalue weighted by molar-refractivity contribution is 0.410. The number of nitrogens with zero attached hydrogens (tertiary/aromatic N) is 6. The van der Waals surface area contributed by atoms with E-state index in [0.29, 0.717) is 18.3 Å². The molecule has 0 fully saturated rings. The fourth-order valence-corrected chi connectivity index (χ4v) is 4.33. The number of nitrogens with one attached hydrogen (secondary N) is 1. The highest BCUT2D eigenvalue weighted by atomic mass is 15.5. The molecule has 0 bridgehead atoms. The van der Waals surface area contributed by atoms with Crippen LogP contribution in [0.3, 0.4) is 0 Å². The summed E-state index contributed by atoms with van der Waals surface area (Å²) in [5.41, 5.74) is 10.6. The van der Waals surface area contributed by atoms with Gasteiger partial charge in [0, 0.05) is 18.0 Å². The van der Waals surface area contributed by atoms with Gasteiger partial charge >= 0.3 is 0 Å². The molecule has 2 heterocycles. The van der Waals surface area contributed by atoms with Gasteiger partial charge in [-0.15, -0.1) is 10.2 Å². The number of hydrogen-bond donors (Lipinski definition) is 2. The molecule has 0 amide bonds. The van der Waals surface area contributed by atoms with E-state index in [-0.39, 0.29) is 6.04 Å². The molecule has 0 radical (unpaired) electrons. The van der Waals surface area contributed by atoms with Crippen LogP contribution in [-0.2, 0) is 13.0 Å². The number of nitrogens with two attached hydrogens (primary N) is 1. The van der Waals surface area contributed by atoms with Crippen molar-refractivity contribution in [3.63, 3.8) is 0 Å². The van der Waals surface area contributed by atoms with Crippen LogP contribution >= 0.6 is 0 Å². The van der Waals surface area contributed by atoms with E-state index < -0.39 is 0 Å². The summed E-state index contributed by atoms with van der Waals surface area (Å²) in [4.78, 5) is 4.49. The molecule has 2 atom stereocenters. The van der Waals surface area contributed by atoms with Gasteiger partial charge in [-0.1, -0.05) is 81.6 Å². The van der Waals surface area contributed by atoms with Gasteiger partial charge in [0.15, 0.2) is 5.82 Å². The third kappa shape index (κ3) is 6.35. The average molecular weight is 459 g/mol.